The van der Waals surface area contributed by atoms with Crippen LogP contribution in [-0.2, 0) is 0 Å². The van der Waals surface area contributed by atoms with E-state index < -0.39 is 5.56 Å². The quantitative estimate of drug-likeness (QED) is 0.693. The molecule has 0 aliphatic heterocycles. The fraction of sp³-hybridized carbons (Fsp3) is 0. The van der Waals surface area contributed by atoms with E-state index in [0.29, 0.717) is 26.2 Å². The lowest BCUT2D eigenvalue weighted by Gasteiger charge is -2.07. The van der Waals surface area contributed by atoms with Gasteiger partial charge in [0.15, 0.2) is 5.82 Å². The molecule has 4 nitrogen and oxygen atoms in total. The molecule has 0 aliphatic rings. The third kappa shape index (κ3) is 1.96. The van der Waals surface area contributed by atoms with E-state index in [9.17, 15) is 10.0 Å². The molecule has 0 atom stereocenters. The van der Waals surface area contributed by atoms with Crippen molar-refractivity contribution in [3.8, 4) is 11.4 Å². The van der Waals surface area contributed by atoms with E-state index in [1.807, 2.05) is 18.2 Å². The minimum absolute atomic E-state index is 0.195. The van der Waals surface area contributed by atoms with Crippen molar-refractivity contribution >= 4 is 22.5 Å². The molecular weight excluding hydrogens is 264 g/mol. The molecule has 0 aliphatic carbocycles. The van der Waals surface area contributed by atoms with Gasteiger partial charge in [0.05, 0.1) is 10.9 Å². The molecule has 19 heavy (non-hydrogen) atoms. The molecule has 5 heteroatoms. The summed E-state index contributed by atoms with van der Waals surface area (Å²) in [5.41, 5.74) is 0.603. The topological polar surface area (TPSA) is 55.1 Å². The van der Waals surface area contributed by atoms with Gasteiger partial charge in [0.2, 0.25) is 0 Å². The first kappa shape index (κ1) is 11.7. The third-order valence-electron chi connectivity index (χ3n) is 2.84. The van der Waals surface area contributed by atoms with Crippen molar-refractivity contribution in [2.24, 2.45) is 0 Å². The maximum atomic E-state index is 12.1. The largest absolute Gasteiger partial charge is 0.423 e. The average Bonchev–Trinajstić information content (AvgIpc) is 2.43. The van der Waals surface area contributed by atoms with E-state index >= 15 is 0 Å². The van der Waals surface area contributed by atoms with Crippen LogP contribution in [0.1, 0.15) is 0 Å². The van der Waals surface area contributed by atoms with E-state index in [4.69, 9.17) is 11.6 Å². The molecule has 1 N–H and O–H groups in total. The monoisotopic (exact) mass is 272 g/mol. The van der Waals surface area contributed by atoms with Crippen molar-refractivity contribution < 1.29 is 5.21 Å². The van der Waals surface area contributed by atoms with Crippen LogP contribution in [0.25, 0.3) is 22.3 Å². The van der Waals surface area contributed by atoms with Gasteiger partial charge < -0.3 is 5.21 Å². The fourth-order valence-corrected chi connectivity index (χ4v) is 2.09. The van der Waals surface area contributed by atoms with E-state index in [-0.39, 0.29) is 5.82 Å². The van der Waals surface area contributed by atoms with Crippen LogP contribution in [0.3, 0.4) is 0 Å². The highest BCUT2D eigenvalue weighted by atomic mass is 35.5. The van der Waals surface area contributed by atoms with Crippen LogP contribution in [0.4, 0.5) is 0 Å². The molecule has 0 amide bonds. The van der Waals surface area contributed by atoms with Crippen molar-refractivity contribution in [2.45, 2.75) is 0 Å². The summed E-state index contributed by atoms with van der Waals surface area (Å²) < 4.78 is 0.561. The van der Waals surface area contributed by atoms with Gasteiger partial charge >= 0.3 is 0 Å². The molecule has 1 heterocycles. The number of hydrogen-bond acceptors (Lipinski definition) is 3. The number of benzene rings is 2. The van der Waals surface area contributed by atoms with E-state index in [0.717, 1.165) is 0 Å². The lowest BCUT2D eigenvalue weighted by Crippen LogP contribution is -2.21. The Bertz CT molecular complexity index is 813. The predicted octanol–water partition coefficient (Wildman–Crippen LogP) is 2.95. The zero-order valence-electron chi connectivity index (χ0n) is 9.75. The van der Waals surface area contributed by atoms with Gasteiger partial charge in [0.25, 0.3) is 5.56 Å². The Kier molecular flexibility index (Phi) is 2.72. The van der Waals surface area contributed by atoms with Gasteiger partial charge in [0.1, 0.15) is 0 Å². The van der Waals surface area contributed by atoms with Gasteiger partial charge in [0, 0.05) is 10.6 Å². The van der Waals surface area contributed by atoms with Gasteiger partial charge in [-0.15, -0.1) is 4.73 Å². The maximum Gasteiger partial charge on any atom is 0.294 e. The SMILES string of the molecule is O=c1c2ccc(Cl)cc2nc(-c2ccccc2)n1O. The third-order valence-corrected chi connectivity index (χ3v) is 3.08. The van der Waals surface area contributed by atoms with Gasteiger partial charge in [-0.2, -0.15) is 0 Å². The standard InChI is InChI=1S/C14H9ClN2O2/c15-10-6-7-11-12(8-10)16-13(17(19)14(11)18)9-4-2-1-3-5-9/h1-8,19H. The van der Waals surface area contributed by atoms with Crippen LogP contribution < -0.4 is 5.56 Å². The Balaban J connectivity index is 2.38. The smallest absolute Gasteiger partial charge is 0.294 e. The first-order chi connectivity index (χ1) is 9.16. The Morgan fingerprint density at radius 1 is 1.11 bits per heavy atom. The van der Waals surface area contributed by atoms with Gasteiger partial charge in [-0.05, 0) is 18.2 Å². The molecule has 0 saturated heterocycles. The summed E-state index contributed by atoms with van der Waals surface area (Å²) in [4.78, 5) is 16.4. The number of halogens is 1. The number of aromatic nitrogens is 2. The highest BCUT2D eigenvalue weighted by molar-refractivity contribution is 6.31. The van der Waals surface area contributed by atoms with Crippen molar-refractivity contribution in [3.05, 3.63) is 63.9 Å². The summed E-state index contributed by atoms with van der Waals surface area (Å²) in [6, 6.07) is 13.7. The fourth-order valence-electron chi connectivity index (χ4n) is 1.92. The molecule has 0 unspecified atom stereocenters. The van der Waals surface area contributed by atoms with Crippen LogP contribution in [0.2, 0.25) is 5.02 Å². The first-order valence-electron chi connectivity index (χ1n) is 5.64. The Labute approximate surface area is 113 Å². The van der Waals surface area contributed by atoms with Gasteiger partial charge in [-0.3, -0.25) is 4.79 Å². The van der Waals surface area contributed by atoms with E-state index in [2.05, 4.69) is 4.98 Å². The highest BCUT2D eigenvalue weighted by Crippen LogP contribution is 2.19. The number of nitrogens with zero attached hydrogens (tertiary/aromatic N) is 2. The van der Waals surface area contributed by atoms with E-state index in [1.165, 1.54) is 0 Å². The summed E-state index contributed by atoms with van der Waals surface area (Å²) in [6.45, 7) is 0. The molecule has 94 valence electrons. The average molecular weight is 273 g/mol. The molecule has 0 spiro atoms. The predicted molar refractivity (Wildman–Crippen MR) is 73.6 cm³/mol. The molecule has 1 aromatic heterocycles. The van der Waals surface area contributed by atoms with Gasteiger partial charge in [-0.25, -0.2) is 4.98 Å². The molecule has 2 aromatic carbocycles. The normalized spacial score (nSPS) is 10.8. The summed E-state index contributed by atoms with van der Waals surface area (Å²) >= 11 is 5.90. The minimum atomic E-state index is -0.513. The van der Waals surface area contributed by atoms with Crippen molar-refractivity contribution in [1.82, 2.24) is 9.71 Å². The van der Waals surface area contributed by atoms with Crippen LogP contribution in [0, 0.1) is 0 Å². The molecule has 0 saturated carbocycles. The first-order valence-corrected chi connectivity index (χ1v) is 6.01. The second-order valence-electron chi connectivity index (χ2n) is 4.08. The molecular formula is C14H9ClN2O2. The molecule has 3 rings (SSSR count). The van der Waals surface area contributed by atoms with E-state index in [1.54, 1.807) is 30.3 Å². The lowest BCUT2D eigenvalue weighted by atomic mass is 10.2. The Morgan fingerprint density at radius 2 is 1.84 bits per heavy atom. The zero-order chi connectivity index (χ0) is 13.4. The Hall–Kier alpha value is -2.33. The van der Waals surface area contributed by atoms with Crippen molar-refractivity contribution in [1.29, 1.82) is 0 Å². The molecule has 0 bridgehead atoms. The minimum Gasteiger partial charge on any atom is -0.423 e. The number of hydrogen-bond donors (Lipinski definition) is 1. The number of rotatable bonds is 1. The Morgan fingerprint density at radius 3 is 2.58 bits per heavy atom. The highest BCUT2D eigenvalue weighted by Gasteiger charge is 2.11. The van der Waals surface area contributed by atoms with Crippen molar-refractivity contribution in [3.63, 3.8) is 0 Å². The van der Waals surface area contributed by atoms with Crippen LogP contribution in [0.15, 0.2) is 53.3 Å². The zero-order valence-corrected chi connectivity index (χ0v) is 10.5. The van der Waals surface area contributed by atoms with Crippen molar-refractivity contribution in [2.75, 3.05) is 0 Å². The van der Waals surface area contributed by atoms with Crippen LogP contribution >= 0.6 is 11.6 Å². The lowest BCUT2D eigenvalue weighted by molar-refractivity contribution is 0.178. The maximum absolute atomic E-state index is 12.1. The summed E-state index contributed by atoms with van der Waals surface area (Å²) in [5.74, 6) is 0.195. The van der Waals surface area contributed by atoms with Gasteiger partial charge in [-0.1, -0.05) is 41.9 Å². The molecule has 3 aromatic rings. The molecule has 0 radical (unpaired) electrons. The molecule has 0 fully saturated rings. The summed E-state index contributed by atoms with van der Waals surface area (Å²) in [7, 11) is 0. The summed E-state index contributed by atoms with van der Waals surface area (Å²) in [5, 5.41) is 10.7. The summed E-state index contributed by atoms with van der Waals surface area (Å²) in [6.07, 6.45) is 0. The number of fused-ring (bicyclic) bond motifs is 1. The second-order valence-corrected chi connectivity index (χ2v) is 4.52. The van der Waals surface area contributed by atoms with Crippen LogP contribution in [-0.4, -0.2) is 14.9 Å². The van der Waals surface area contributed by atoms with Crippen LogP contribution in [0.5, 0.6) is 0 Å². The second kappa shape index (κ2) is 4.40.